The number of halogens is 1. The maximum atomic E-state index is 12.4. The van der Waals surface area contributed by atoms with E-state index in [1.165, 1.54) is 23.3 Å². The van der Waals surface area contributed by atoms with Crippen molar-refractivity contribution < 1.29 is 9.59 Å². The van der Waals surface area contributed by atoms with Crippen molar-refractivity contribution in [3.8, 4) is 0 Å². The molecule has 1 aromatic carbocycles. The Labute approximate surface area is 170 Å². The summed E-state index contributed by atoms with van der Waals surface area (Å²) in [6, 6.07) is 9.30. The van der Waals surface area contributed by atoms with E-state index in [2.05, 4.69) is 22.9 Å². The standard InChI is InChI=1S/C20H25N3O2S.ClH/c1-2-14-3-5-16(6-4-14)18(24)23-20-17(9-12-26-20)19(25)22-11-8-15-7-10-21-13-15;/h3-6,9,12,15,21H,2,7-8,10-11,13H2,1H3,(H,22,25)(H,23,24);1H. The minimum atomic E-state index is -0.193. The molecule has 0 saturated carbocycles. The predicted molar refractivity (Wildman–Crippen MR) is 113 cm³/mol. The number of aryl methyl sites for hydroxylation is 1. The molecule has 2 amide bonds. The number of hydrogen-bond acceptors (Lipinski definition) is 4. The molecule has 0 aliphatic carbocycles. The lowest BCUT2D eigenvalue weighted by Gasteiger charge is -2.10. The highest BCUT2D eigenvalue weighted by molar-refractivity contribution is 7.14. The maximum absolute atomic E-state index is 12.4. The van der Waals surface area contributed by atoms with Crippen molar-refractivity contribution in [3.05, 3.63) is 52.4 Å². The zero-order chi connectivity index (χ0) is 18.4. The van der Waals surface area contributed by atoms with E-state index in [0.717, 1.165) is 25.9 Å². The lowest BCUT2D eigenvalue weighted by atomic mass is 10.1. The van der Waals surface area contributed by atoms with Gasteiger partial charge >= 0.3 is 0 Å². The topological polar surface area (TPSA) is 70.2 Å². The number of carbonyl (C=O) groups is 2. The van der Waals surface area contributed by atoms with Gasteiger partial charge in [-0.2, -0.15) is 0 Å². The van der Waals surface area contributed by atoms with Crippen LogP contribution in [-0.2, 0) is 6.42 Å². The van der Waals surface area contributed by atoms with E-state index < -0.39 is 0 Å². The van der Waals surface area contributed by atoms with Crippen LogP contribution in [0.5, 0.6) is 0 Å². The molecule has 2 heterocycles. The minimum absolute atomic E-state index is 0. The lowest BCUT2D eigenvalue weighted by Crippen LogP contribution is -2.27. The van der Waals surface area contributed by atoms with E-state index in [1.54, 1.807) is 6.07 Å². The molecule has 27 heavy (non-hydrogen) atoms. The summed E-state index contributed by atoms with van der Waals surface area (Å²) in [6.07, 6.45) is 3.09. The van der Waals surface area contributed by atoms with Gasteiger partial charge in [-0.15, -0.1) is 23.7 Å². The van der Waals surface area contributed by atoms with Crippen molar-refractivity contribution in [2.75, 3.05) is 25.0 Å². The molecule has 3 rings (SSSR count). The molecule has 1 atom stereocenters. The first-order valence-corrected chi connectivity index (χ1v) is 10.0. The number of nitrogens with one attached hydrogen (secondary N) is 3. The first kappa shape index (κ1) is 21.4. The van der Waals surface area contributed by atoms with Crippen molar-refractivity contribution in [2.24, 2.45) is 5.92 Å². The molecular weight excluding hydrogens is 382 g/mol. The van der Waals surface area contributed by atoms with Gasteiger partial charge in [-0.05, 0) is 67.4 Å². The van der Waals surface area contributed by atoms with Crippen LogP contribution >= 0.6 is 23.7 Å². The van der Waals surface area contributed by atoms with Crippen LogP contribution in [-0.4, -0.2) is 31.4 Å². The highest BCUT2D eigenvalue weighted by Gasteiger charge is 2.17. The highest BCUT2D eigenvalue weighted by atomic mass is 35.5. The van der Waals surface area contributed by atoms with Crippen LogP contribution in [0, 0.1) is 5.92 Å². The normalized spacial score (nSPS) is 15.8. The van der Waals surface area contributed by atoms with Crippen LogP contribution in [0.2, 0.25) is 0 Å². The fourth-order valence-electron chi connectivity index (χ4n) is 3.10. The van der Waals surface area contributed by atoms with E-state index in [9.17, 15) is 9.59 Å². The molecule has 1 unspecified atom stereocenters. The first-order valence-electron chi connectivity index (χ1n) is 9.14. The molecule has 1 fully saturated rings. The van der Waals surface area contributed by atoms with Gasteiger partial charge in [0.1, 0.15) is 5.00 Å². The molecule has 1 aliphatic heterocycles. The second-order valence-corrected chi connectivity index (χ2v) is 7.49. The van der Waals surface area contributed by atoms with Crippen molar-refractivity contribution in [3.63, 3.8) is 0 Å². The molecule has 1 saturated heterocycles. The lowest BCUT2D eigenvalue weighted by molar-refractivity contribution is 0.0953. The summed E-state index contributed by atoms with van der Waals surface area (Å²) in [5, 5.41) is 11.6. The van der Waals surface area contributed by atoms with Crippen LogP contribution in [0.3, 0.4) is 0 Å². The number of amides is 2. The van der Waals surface area contributed by atoms with Crippen LogP contribution in [0.4, 0.5) is 5.00 Å². The molecule has 2 aromatic rings. The Bertz CT molecular complexity index is 755. The zero-order valence-electron chi connectivity index (χ0n) is 15.4. The van der Waals surface area contributed by atoms with Crippen molar-refractivity contribution in [2.45, 2.75) is 26.2 Å². The fourth-order valence-corrected chi connectivity index (χ4v) is 3.88. The Morgan fingerprint density at radius 2 is 1.96 bits per heavy atom. The van der Waals surface area contributed by atoms with Crippen LogP contribution < -0.4 is 16.0 Å². The third-order valence-electron chi connectivity index (χ3n) is 4.76. The quantitative estimate of drug-likeness (QED) is 0.655. The highest BCUT2D eigenvalue weighted by Crippen LogP contribution is 2.24. The minimum Gasteiger partial charge on any atom is -0.352 e. The summed E-state index contributed by atoms with van der Waals surface area (Å²) in [7, 11) is 0. The molecule has 0 spiro atoms. The Morgan fingerprint density at radius 3 is 2.63 bits per heavy atom. The van der Waals surface area contributed by atoms with Gasteiger partial charge in [0, 0.05) is 12.1 Å². The summed E-state index contributed by atoms with van der Waals surface area (Å²) in [4.78, 5) is 24.9. The molecule has 5 nitrogen and oxygen atoms in total. The van der Waals surface area contributed by atoms with Gasteiger partial charge in [0.25, 0.3) is 11.8 Å². The molecule has 1 aromatic heterocycles. The molecule has 0 bridgehead atoms. The Kier molecular flexibility index (Phi) is 8.28. The molecule has 146 valence electrons. The first-order chi connectivity index (χ1) is 12.7. The summed E-state index contributed by atoms with van der Waals surface area (Å²) in [5.41, 5.74) is 2.31. The maximum Gasteiger partial charge on any atom is 0.256 e. The molecule has 1 aliphatic rings. The molecule has 3 N–H and O–H groups in total. The monoisotopic (exact) mass is 407 g/mol. The van der Waals surface area contributed by atoms with Crippen molar-refractivity contribution >= 4 is 40.6 Å². The number of thiophene rings is 1. The van der Waals surface area contributed by atoms with Gasteiger partial charge < -0.3 is 16.0 Å². The van der Waals surface area contributed by atoms with Gasteiger partial charge in [0.05, 0.1) is 5.56 Å². The summed E-state index contributed by atoms with van der Waals surface area (Å²) >= 11 is 1.36. The van der Waals surface area contributed by atoms with E-state index >= 15 is 0 Å². The largest absolute Gasteiger partial charge is 0.352 e. The van der Waals surface area contributed by atoms with Gasteiger partial charge in [0.15, 0.2) is 0 Å². The average Bonchev–Trinajstić information content (AvgIpc) is 3.33. The van der Waals surface area contributed by atoms with E-state index in [1.807, 2.05) is 29.6 Å². The Morgan fingerprint density at radius 1 is 1.19 bits per heavy atom. The summed E-state index contributed by atoms with van der Waals surface area (Å²) in [6.45, 7) is 4.84. The number of hydrogen-bond donors (Lipinski definition) is 3. The molecule has 0 radical (unpaired) electrons. The van der Waals surface area contributed by atoms with Crippen LogP contribution in [0.1, 0.15) is 46.0 Å². The van der Waals surface area contributed by atoms with Gasteiger partial charge in [0.2, 0.25) is 0 Å². The van der Waals surface area contributed by atoms with Crippen molar-refractivity contribution in [1.29, 1.82) is 0 Å². The van der Waals surface area contributed by atoms with Gasteiger partial charge in [-0.1, -0.05) is 19.1 Å². The predicted octanol–water partition coefficient (Wildman–Crippen LogP) is 3.71. The van der Waals surface area contributed by atoms with Gasteiger partial charge in [-0.3, -0.25) is 9.59 Å². The number of carbonyl (C=O) groups excluding carboxylic acids is 2. The second kappa shape index (κ2) is 10.4. The number of anilines is 1. The third kappa shape index (κ3) is 5.79. The third-order valence-corrected chi connectivity index (χ3v) is 5.59. The van der Waals surface area contributed by atoms with Crippen LogP contribution in [0.25, 0.3) is 0 Å². The summed E-state index contributed by atoms with van der Waals surface area (Å²) in [5.74, 6) is 0.318. The van der Waals surface area contributed by atoms with Crippen molar-refractivity contribution in [1.82, 2.24) is 10.6 Å². The van der Waals surface area contributed by atoms with E-state index in [0.29, 0.717) is 28.6 Å². The molecule has 7 heteroatoms. The number of benzene rings is 1. The van der Waals surface area contributed by atoms with Gasteiger partial charge in [-0.25, -0.2) is 0 Å². The SMILES string of the molecule is CCc1ccc(C(=O)Nc2sccc2C(=O)NCCC2CCNC2)cc1.Cl. The summed E-state index contributed by atoms with van der Waals surface area (Å²) < 4.78 is 0. The Balaban J connectivity index is 0.00000261. The fraction of sp³-hybridized carbons (Fsp3) is 0.400. The Hall–Kier alpha value is -1.89. The molecular formula is C20H26ClN3O2S. The zero-order valence-corrected chi connectivity index (χ0v) is 17.1. The second-order valence-electron chi connectivity index (χ2n) is 6.57. The average molecular weight is 408 g/mol. The van der Waals surface area contributed by atoms with E-state index in [4.69, 9.17) is 0 Å². The number of rotatable bonds is 7. The van der Waals surface area contributed by atoms with Crippen LogP contribution in [0.15, 0.2) is 35.7 Å². The smallest absolute Gasteiger partial charge is 0.256 e. The van der Waals surface area contributed by atoms with E-state index in [-0.39, 0.29) is 24.2 Å².